The number of benzene rings is 2. The predicted molar refractivity (Wildman–Crippen MR) is 95.6 cm³/mol. The minimum Gasteiger partial charge on any atom is -0.479 e. The number of fused-ring (bicyclic) bond motifs is 1. The van der Waals surface area contributed by atoms with Crippen molar-refractivity contribution in [3.8, 4) is 0 Å². The van der Waals surface area contributed by atoms with Crippen LogP contribution in [0.4, 0.5) is 0 Å². The van der Waals surface area contributed by atoms with Crippen molar-refractivity contribution in [2.45, 2.75) is 33.2 Å². The summed E-state index contributed by atoms with van der Waals surface area (Å²) >= 11 is 6.29. The summed E-state index contributed by atoms with van der Waals surface area (Å²) in [7, 11) is 0. The molecule has 1 aliphatic rings. The molecule has 1 atom stereocenters. The van der Waals surface area contributed by atoms with Crippen molar-refractivity contribution < 1.29 is 9.90 Å². The summed E-state index contributed by atoms with van der Waals surface area (Å²) in [4.78, 5) is 17.2. The second-order valence-corrected chi connectivity index (χ2v) is 7.64. The molecule has 0 bridgehead atoms. The average Bonchev–Trinajstić information content (AvgIpc) is 2.86. The molecule has 1 heterocycles. The fourth-order valence-corrected chi connectivity index (χ4v) is 3.65. The van der Waals surface area contributed by atoms with Gasteiger partial charge in [-0.25, -0.2) is 4.79 Å². The summed E-state index contributed by atoms with van der Waals surface area (Å²) in [6.07, 6.45) is 0. The number of aryl methyl sites for hydroxylation is 1. The molecule has 1 unspecified atom stereocenters. The zero-order valence-corrected chi connectivity index (χ0v) is 15.0. The van der Waals surface area contributed by atoms with E-state index in [4.69, 9.17) is 11.6 Å². The maximum atomic E-state index is 12.5. The van der Waals surface area contributed by atoms with Gasteiger partial charge in [0.1, 0.15) is 0 Å². The number of nitrogens with zero attached hydrogens (tertiary/aromatic N) is 1. The smallest absolute Gasteiger partial charge is 0.340 e. The Balaban J connectivity index is 2.46. The van der Waals surface area contributed by atoms with Gasteiger partial charge >= 0.3 is 5.97 Å². The monoisotopic (exact) mass is 341 g/mol. The van der Waals surface area contributed by atoms with E-state index >= 15 is 0 Å². The summed E-state index contributed by atoms with van der Waals surface area (Å²) in [5, 5.41) is 12.4. The van der Waals surface area contributed by atoms with Gasteiger partial charge in [0.05, 0.1) is 5.36 Å². The van der Waals surface area contributed by atoms with E-state index in [-0.39, 0.29) is 5.41 Å². The number of carbonyl (C=O) groups is 1. The number of halogens is 1. The van der Waals surface area contributed by atoms with Crippen molar-refractivity contribution >= 4 is 23.1 Å². The van der Waals surface area contributed by atoms with Crippen LogP contribution >= 0.6 is 11.6 Å². The second-order valence-electron chi connectivity index (χ2n) is 7.23. The Kier molecular flexibility index (Phi) is 3.80. The molecule has 0 saturated heterocycles. The zero-order valence-electron chi connectivity index (χ0n) is 14.2. The summed E-state index contributed by atoms with van der Waals surface area (Å²) in [6, 6.07) is 13.0. The van der Waals surface area contributed by atoms with Crippen LogP contribution in [0.3, 0.4) is 0 Å². The van der Waals surface area contributed by atoms with Gasteiger partial charge in [0.25, 0.3) is 0 Å². The highest BCUT2D eigenvalue weighted by Crippen LogP contribution is 2.46. The number of hydrogen-bond donors (Lipinski definition) is 1. The molecule has 3 nitrogen and oxygen atoms in total. The number of carboxylic acid groups (broad SMARTS) is 1. The van der Waals surface area contributed by atoms with Crippen LogP contribution in [-0.4, -0.2) is 11.1 Å². The van der Waals surface area contributed by atoms with Gasteiger partial charge in [-0.3, -0.25) is 4.99 Å². The van der Waals surface area contributed by atoms with Gasteiger partial charge in [-0.1, -0.05) is 62.7 Å². The van der Waals surface area contributed by atoms with E-state index in [1.54, 1.807) is 6.07 Å². The Morgan fingerprint density at radius 1 is 1.17 bits per heavy atom. The number of aliphatic carboxylic acids is 1. The normalized spacial score (nSPS) is 19.8. The minimum atomic E-state index is -1.45. The molecule has 24 heavy (non-hydrogen) atoms. The fraction of sp³-hybridized carbons (Fsp3) is 0.300. The van der Waals surface area contributed by atoms with Crippen molar-refractivity contribution in [3.63, 3.8) is 0 Å². The van der Waals surface area contributed by atoms with E-state index in [0.29, 0.717) is 15.9 Å². The van der Waals surface area contributed by atoms with Gasteiger partial charge < -0.3 is 5.11 Å². The Labute approximate surface area is 146 Å². The highest BCUT2D eigenvalue weighted by atomic mass is 35.5. The highest BCUT2D eigenvalue weighted by Gasteiger charge is 2.50. The largest absolute Gasteiger partial charge is 0.479 e. The van der Waals surface area contributed by atoms with E-state index in [9.17, 15) is 9.90 Å². The van der Waals surface area contributed by atoms with Crippen molar-refractivity contribution in [2.24, 2.45) is 10.4 Å². The third-order valence-electron chi connectivity index (χ3n) is 4.47. The van der Waals surface area contributed by atoms with Crippen LogP contribution in [0.5, 0.6) is 0 Å². The molecule has 0 fully saturated rings. The fourth-order valence-electron chi connectivity index (χ4n) is 3.47. The van der Waals surface area contributed by atoms with Gasteiger partial charge in [0.2, 0.25) is 5.54 Å². The number of carboxylic acids is 1. The molecule has 2 aromatic rings. The molecule has 1 N–H and O–H groups in total. The third-order valence-corrected chi connectivity index (χ3v) is 4.88. The Morgan fingerprint density at radius 2 is 1.83 bits per heavy atom. The Hall–Kier alpha value is -2.13. The van der Waals surface area contributed by atoms with Crippen LogP contribution < -0.4 is 10.6 Å². The summed E-state index contributed by atoms with van der Waals surface area (Å²) in [5.74, 6) is -0.983. The van der Waals surface area contributed by atoms with Gasteiger partial charge in [-0.05, 0) is 41.2 Å². The Bertz CT molecular complexity index is 956. The van der Waals surface area contributed by atoms with Crippen LogP contribution in [0.1, 0.15) is 31.9 Å². The predicted octanol–water partition coefficient (Wildman–Crippen LogP) is 3.46. The molecule has 0 saturated carbocycles. The lowest BCUT2D eigenvalue weighted by molar-refractivity contribution is -0.141. The van der Waals surface area contributed by atoms with Crippen molar-refractivity contribution in [2.75, 3.05) is 0 Å². The van der Waals surface area contributed by atoms with Crippen molar-refractivity contribution in [1.82, 2.24) is 0 Å². The van der Waals surface area contributed by atoms with E-state index in [1.165, 1.54) is 0 Å². The molecule has 4 heteroatoms. The van der Waals surface area contributed by atoms with Crippen molar-refractivity contribution in [3.05, 3.63) is 69.2 Å². The van der Waals surface area contributed by atoms with E-state index in [1.807, 2.05) is 64.1 Å². The standard InChI is InChI=1S/C20H20ClNO2/c1-12-9-10-13(11-15(12)21)20(18(23)24)17(19(2,3)4)14-7-5-6-8-16(14)22-20/h5-11H,1-4H3,(H,23,24). The SMILES string of the molecule is Cc1ccc(C2(C(=O)O)N=c3ccccc3=C2C(C)(C)C)cc1Cl. The first-order valence-corrected chi connectivity index (χ1v) is 8.26. The second kappa shape index (κ2) is 5.45. The first kappa shape index (κ1) is 16.7. The molecule has 1 aliphatic heterocycles. The van der Waals surface area contributed by atoms with Gasteiger partial charge in [0.15, 0.2) is 0 Å². The molecule has 0 radical (unpaired) electrons. The average molecular weight is 342 g/mol. The van der Waals surface area contributed by atoms with E-state index in [0.717, 1.165) is 16.4 Å². The van der Waals surface area contributed by atoms with Gasteiger partial charge in [-0.15, -0.1) is 0 Å². The molecule has 0 amide bonds. The summed E-state index contributed by atoms with van der Waals surface area (Å²) < 4.78 is 0. The van der Waals surface area contributed by atoms with Crippen LogP contribution in [-0.2, 0) is 10.3 Å². The number of para-hydroxylation sites is 1. The van der Waals surface area contributed by atoms with E-state index < -0.39 is 11.5 Å². The number of hydrogen-bond acceptors (Lipinski definition) is 2. The maximum absolute atomic E-state index is 12.5. The molecule has 0 aliphatic carbocycles. The number of rotatable bonds is 2. The zero-order chi connectivity index (χ0) is 17.7. The molecular weight excluding hydrogens is 322 g/mol. The van der Waals surface area contributed by atoms with Gasteiger partial charge in [0, 0.05) is 10.2 Å². The summed E-state index contributed by atoms with van der Waals surface area (Å²) in [6.45, 7) is 7.96. The molecule has 0 aromatic heterocycles. The minimum absolute atomic E-state index is 0.369. The first-order valence-electron chi connectivity index (χ1n) is 7.88. The maximum Gasteiger partial charge on any atom is 0.340 e. The van der Waals surface area contributed by atoms with Crippen LogP contribution in [0, 0.1) is 12.3 Å². The quantitative estimate of drug-likeness (QED) is 0.909. The third kappa shape index (κ3) is 2.35. The lowest BCUT2D eigenvalue weighted by Gasteiger charge is -2.34. The Morgan fingerprint density at radius 3 is 2.42 bits per heavy atom. The van der Waals surface area contributed by atoms with Crippen LogP contribution in [0.25, 0.3) is 5.57 Å². The summed E-state index contributed by atoms with van der Waals surface area (Å²) in [5.41, 5.74) is 0.476. The topological polar surface area (TPSA) is 49.7 Å². The lowest BCUT2D eigenvalue weighted by atomic mass is 9.71. The van der Waals surface area contributed by atoms with Crippen LogP contribution in [0.15, 0.2) is 47.5 Å². The molecule has 0 spiro atoms. The molecule has 2 aromatic carbocycles. The highest BCUT2D eigenvalue weighted by molar-refractivity contribution is 6.31. The van der Waals surface area contributed by atoms with Gasteiger partial charge in [-0.2, -0.15) is 0 Å². The first-order chi connectivity index (χ1) is 11.2. The molecule has 3 rings (SSSR count). The lowest BCUT2D eigenvalue weighted by Crippen LogP contribution is -2.40. The van der Waals surface area contributed by atoms with Crippen molar-refractivity contribution in [1.29, 1.82) is 0 Å². The molecular formula is C20H20ClNO2. The molecule has 124 valence electrons. The van der Waals surface area contributed by atoms with Crippen LogP contribution in [0.2, 0.25) is 5.02 Å². The van der Waals surface area contributed by atoms with E-state index in [2.05, 4.69) is 4.99 Å².